The molecule has 0 fully saturated rings. The van der Waals surface area contributed by atoms with E-state index in [1.54, 1.807) is 43.6 Å². The molecule has 423 valence electrons. The maximum Gasteiger partial charge on any atom is 0.0267 e. The van der Waals surface area contributed by atoms with Crippen LogP contribution in [0.3, 0.4) is 0 Å². The fourth-order valence-corrected chi connectivity index (χ4v) is 7.26. The first-order valence-corrected chi connectivity index (χ1v) is 23.7. The summed E-state index contributed by atoms with van der Waals surface area (Å²) in [5.74, 6) is 0. The molecule has 0 aliphatic heterocycles. The van der Waals surface area contributed by atoms with Crippen molar-refractivity contribution < 1.29 is 84.5 Å². The van der Waals surface area contributed by atoms with Crippen LogP contribution in [0.15, 0.2) is 61.2 Å². The van der Waals surface area contributed by atoms with Crippen LogP contribution in [0.4, 0.5) is 19.2 Å². The number of amides is 4. The Bertz CT molecular complexity index is 1340. The van der Waals surface area contributed by atoms with E-state index in [4.69, 9.17) is 35.7 Å². The molecule has 21 nitrogen and oxygen atoms in total. The third-order valence-corrected chi connectivity index (χ3v) is 6.80. The molecule has 0 unspecified atom stereocenters. The van der Waals surface area contributed by atoms with Gasteiger partial charge < -0.3 is 75.5 Å². The summed E-state index contributed by atoms with van der Waals surface area (Å²) in [7, 11) is 4.61. The molecular formula is C46H92ClN10O11Pt2-4. The van der Waals surface area contributed by atoms with Gasteiger partial charge >= 0.3 is 52.6 Å². The van der Waals surface area contributed by atoms with Gasteiger partial charge in [0.25, 0.3) is 0 Å². The summed E-state index contributed by atoms with van der Waals surface area (Å²) in [5, 5.41) is 58.9. The van der Waals surface area contributed by atoms with Crippen LogP contribution in [0.2, 0.25) is 0 Å². The number of rotatable bonds is 8. The quantitative estimate of drug-likeness (QED) is 0.0901. The van der Waals surface area contributed by atoms with Crippen LogP contribution in [0.1, 0.15) is 164 Å². The van der Waals surface area contributed by atoms with Crippen molar-refractivity contribution in [3.05, 3.63) is 95.0 Å². The van der Waals surface area contributed by atoms with E-state index < -0.39 is 29.5 Å². The van der Waals surface area contributed by atoms with E-state index >= 15 is 0 Å². The van der Waals surface area contributed by atoms with Crippen LogP contribution in [-0.2, 0) is 39.8 Å². The maximum atomic E-state index is 10.4. The SMILES string of the molecule is CC(C)(C)CC(C)(C)NC(=O)O.CC(C)(C)CC(C)(C)NC(=O)O.CC(C)(C)CC(C)(C)NC(=O)O.CC(C)(C)CC(C)(C)NC(=O)O.O=[N+]([O-])[O-].[Cl][Pt].[NH2-].[NH2-].[NH2-].[Pt].c1ccncc1.c1ccncc1. The summed E-state index contributed by atoms with van der Waals surface area (Å²) in [6.45, 7) is 40.3. The molecule has 2 aromatic heterocycles. The molecule has 4 amide bonds. The number of hydrogen-bond donors (Lipinski definition) is 8. The third kappa shape index (κ3) is 94.0. The topological polar surface area (TPSA) is 390 Å². The molecule has 0 atom stereocenters. The van der Waals surface area contributed by atoms with Crippen molar-refractivity contribution in [1.29, 1.82) is 0 Å². The molecule has 14 N–H and O–H groups in total. The average molecular weight is 1390 g/mol. The number of hydrogen-bond acceptors (Lipinski definition) is 9. The van der Waals surface area contributed by atoms with Gasteiger partial charge in [-0.15, -0.1) is 0 Å². The van der Waals surface area contributed by atoms with E-state index in [-0.39, 0.29) is 83.3 Å². The van der Waals surface area contributed by atoms with Crippen molar-refractivity contribution in [2.24, 2.45) is 21.7 Å². The first-order chi connectivity index (χ1) is 29.2. The van der Waals surface area contributed by atoms with E-state index in [0.717, 1.165) is 25.7 Å². The second-order valence-corrected chi connectivity index (χ2v) is 22.5. The largest absolute Gasteiger partial charge is 0.693 e. The van der Waals surface area contributed by atoms with Crippen LogP contribution < -0.4 is 21.3 Å². The predicted molar refractivity (Wildman–Crippen MR) is 278 cm³/mol. The Hall–Kier alpha value is -3.87. The second-order valence-electron chi connectivity index (χ2n) is 22.5. The van der Waals surface area contributed by atoms with Crippen molar-refractivity contribution in [2.45, 2.75) is 186 Å². The van der Waals surface area contributed by atoms with Crippen LogP contribution in [-0.4, -0.2) is 82.0 Å². The van der Waals surface area contributed by atoms with Gasteiger partial charge in [-0.3, -0.25) is 9.97 Å². The van der Waals surface area contributed by atoms with Crippen molar-refractivity contribution in [2.75, 3.05) is 0 Å². The summed E-state index contributed by atoms with van der Waals surface area (Å²) in [6.07, 6.45) is 6.49. The number of aromatic nitrogens is 2. The Morgan fingerprint density at radius 1 is 0.429 bits per heavy atom. The molecule has 0 spiro atoms. The van der Waals surface area contributed by atoms with Gasteiger partial charge in [0.05, 0.1) is 5.09 Å². The molecular weight excluding hydrogens is 1290 g/mol. The predicted octanol–water partition coefficient (Wildman–Crippen LogP) is 14.6. The zero-order chi connectivity index (χ0) is 54.0. The van der Waals surface area contributed by atoms with Gasteiger partial charge in [-0.2, -0.15) is 0 Å². The number of carbonyl (C=O) groups is 4. The number of nitrogens with zero attached hydrogens (tertiary/aromatic N) is 3. The average Bonchev–Trinajstić information content (AvgIpc) is 3.01. The second kappa shape index (κ2) is 42.8. The summed E-state index contributed by atoms with van der Waals surface area (Å²) in [4.78, 5) is 57.4. The number of pyridine rings is 2. The fraction of sp³-hybridized carbons (Fsp3) is 0.696. The molecule has 0 bridgehead atoms. The molecule has 0 radical (unpaired) electrons. The molecule has 0 saturated heterocycles. The van der Waals surface area contributed by atoms with Crippen molar-refractivity contribution in [3.63, 3.8) is 0 Å². The molecule has 0 aliphatic carbocycles. The van der Waals surface area contributed by atoms with E-state index in [1.165, 1.54) is 0 Å². The molecule has 2 rings (SSSR count). The molecule has 0 saturated carbocycles. The molecule has 2 aromatic rings. The summed E-state index contributed by atoms with van der Waals surface area (Å²) < 4.78 is 0. The summed E-state index contributed by atoms with van der Waals surface area (Å²) in [5.41, 5.74) is -0.794. The minimum absolute atomic E-state index is 0. The zero-order valence-electron chi connectivity index (χ0n) is 45.3. The zero-order valence-corrected chi connectivity index (χ0v) is 50.6. The van der Waals surface area contributed by atoms with Gasteiger partial charge in [-0.25, -0.2) is 19.2 Å². The normalized spacial score (nSPS) is 10.6. The Morgan fingerprint density at radius 3 is 0.614 bits per heavy atom. The number of nitrogens with one attached hydrogen (secondary N) is 4. The van der Waals surface area contributed by atoms with Gasteiger partial charge in [0.1, 0.15) is 0 Å². The van der Waals surface area contributed by atoms with Gasteiger partial charge in [-0.1, -0.05) is 95.2 Å². The minimum Gasteiger partial charge on any atom is -0.693 e. The number of halogens is 1. The smallest absolute Gasteiger partial charge is 0.0267 e. The fourth-order valence-electron chi connectivity index (χ4n) is 7.26. The van der Waals surface area contributed by atoms with Crippen LogP contribution >= 0.6 is 9.42 Å². The Kier molecular flexibility index (Phi) is 54.4. The minimum atomic E-state index is -1.75. The Labute approximate surface area is 450 Å². The number of carboxylic acid groups (broad SMARTS) is 4. The van der Waals surface area contributed by atoms with E-state index in [0.29, 0.717) is 0 Å². The van der Waals surface area contributed by atoms with Gasteiger partial charge in [-0.05, 0) is 127 Å². The summed E-state index contributed by atoms with van der Waals surface area (Å²) >= 11 is 1.61. The first kappa shape index (κ1) is 89.0. The van der Waals surface area contributed by atoms with E-state index in [2.05, 4.69) is 124 Å². The van der Waals surface area contributed by atoms with E-state index in [9.17, 15) is 19.2 Å². The van der Waals surface area contributed by atoms with Crippen molar-refractivity contribution in [1.82, 2.24) is 31.2 Å². The van der Waals surface area contributed by atoms with Crippen molar-refractivity contribution >= 4 is 33.8 Å². The Balaban J connectivity index is -0.0000000755. The molecule has 2 heterocycles. The van der Waals surface area contributed by atoms with Gasteiger partial charge in [0, 0.05) is 68.0 Å². The molecule has 0 aliphatic rings. The monoisotopic (exact) mass is 1390 g/mol. The van der Waals surface area contributed by atoms with E-state index in [1.807, 2.05) is 91.8 Å². The van der Waals surface area contributed by atoms with Crippen LogP contribution in [0, 0.1) is 37.0 Å². The molecule has 0 aromatic carbocycles. The van der Waals surface area contributed by atoms with Crippen molar-refractivity contribution in [3.8, 4) is 0 Å². The third-order valence-electron chi connectivity index (χ3n) is 6.80. The van der Waals surface area contributed by atoms with Gasteiger partial charge in [0.15, 0.2) is 0 Å². The standard InChI is InChI=1S/4C9H19NO2.2C5H5N.ClH.NO3.3H2N.2Pt/c4*1-8(2,3)6-9(4,5)10-7(11)12;2*1-2-4-6-5-3-1;;2-1(3)4;;;;;/h4*10H,6H2,1-5H3,(H,11,12);2*1-5H;1H;;3*1H2;;/q;;;;;;;4*-1;;+1/p-1. The van der Waals surface area contributed by atoms with Crippen LogP contribution in [0.25, 0.3) is 18.5 Å². The number of nitrogens with two attached hydrogens (primary N) is 3. The Morgan fingerprint density at radius 2 is 0.557 bits per heavy atom. The van der Waals surface area contributed by atoms with Gasteiger partial charge in [0.2, 0.25) is 0 Å². The van der Waals surface area contributed by atoms with Crippen LogP contribution in [0.5, 0.6) is 0 Å². The summed E-state index contributed by atoms with van der Waals surface area (Å²) in [6, 6.07) is 11.4. The molecule has 24 heteroatoms. The first-order valence-electron chi connectivity index (χ1n) is 20.9. The molecule has 70 heavy (non-hydrogen) atoms. The maximum absolute atomic E-state index is 10.4.